The maximum absolute atomic E-state index is 12.5. The molecule has 3 rings (SSSR count). The Kier molecular flexibility index (Phi) is 8.87. The summed E-state index contributed by atoms with van der Waals surface area (Å²) < 4.78 is 0. The zero-order chi connectivity index (χ0) is 23.6. The fraction of sp³-hybridized carbons (Fsp3) is 0.160. The van der Waals surface area contributed by atoms with Crippen LogP contribution in [0, 0.1) is 0 Å². The summed E-state index contributed by atoms with van der Waals surface area (Å²) in [6.07, 6.45) is 0.614. The van der Waals surface area contributed by atoms with Crippen LogP contribution in [0.5, 0.6) is 0 Å². The van der Waals surface area contributed by atoms with Crippen LogP contribution < -0.4 is 16.0 Å². The van der Waals surface area contributed by atoms with E-state index in [4.69, 9.17) is 23.2 Å². The lowest BCUT2D eigenvalue weighted by molar-refractivity contribution is -0.126. The first kappa shape index (κ1) is 24.3. The molecule has 3 N–H and O–H groups in total. The number of benzene rings is 3. The molecule has 0 saturated heterocycles. The fourth-order valence-corrected chi connectivity index (χ4v) is 3.70. The summed E-state index contributed by atoms with van der Waals surface area (Å²) in [5, 5.41) is 8.54. The summed E-state index contributed by atoms with van der Waals surface area (Å²) in [6.45, 7) is -0.508. The van der Waals surface area contributed by atoms with E-state index in [2.05, 4.69) is 16.0 Å². The van der Waals surface area contributed by atoms with E-state index < -0.39 is 11.8 Å². The molecule has 3 aromatic carbocycles. The number of halogens is 2. The number of carbonyl (C=O) groups is 3. The molecule has 8 heteroatoms. The van der Waals surface area contributed by atoms with Gasteiger partial charge in [0, 0.05) is 5.02 Å². The van der Waals surface area contributed by atoms with Crippen molar-refractivity contribution < 1.29 is 14.4 Å². The molecular formula is C25H23Cl2N3O3. The van der Waals surface area contributed by atoms with Crippen LogP contribution >= 0.6 is 23.2 Å². The molecule has 1 unspecified atom stereocenters. The van der Waals surface area contributed by atoms with Crippen LogP contribution in [0.2, 0.25) is 10.0 Å². The number of rotatable bonds is 9. The van der Waals surface area contributed by atoms with Gasteiger partial charge in [0.15, 0.2) is 0 Å². The normalized spacial score (nSPS) is 11.3. The first-order valence-corrected chi connectivity index (χ1v) is 11.1. The minimum absolute atomic E-state index is 0.185. The van der Waals surface area contributed by atoms with Gasteiger partial charge in [-0.1, -0.05) is 83.9 Å². The average Bonchev–Trinajstić information content (AvgIpc) is 2.82. The van der Waals surface area contributed by atoms with Gasteiger partial charge in [-0.15, -0.1) is 0 Å². The molecule has 0 bridgehead atoms. The largest absolute Gasteiger partial charge is 0.347 e. The maximum Gasteiger partial charge on any atom is 0.253 e. The Morgan fingerprint density at radius 3 is 2.06 bits per heavy atom. The van der Waals surface area contributed by atoms with Gasteiger partial charge in [-0.2, -0.15) is 0 Å². The molecule has 3 aromatic rings. The van der Waals surface area contributed by atoms with Crippen molar-refractivity contribution in [3.05, 3.63) is 106 Å². The standard InChI is InChI=1S/C25H23Cl2N3O3/c26-19-11-12-20(21(27)14-19)25(33)29-15-23(31)28-16-24(32)30-22(18-9-5-2-6-10-18)13-17-7-3-1-4-8-17/h1-12,14,22H,13,15-16H2,(H,28,31)(H,29,33)(H,30,32). The number of amides is 3. The predicted molar refractivity (Wildman–Crippen MR) is 129 cm³/mol. The van der Waals surface area contributed by atoms with E-state index in [0.717, 1.165) is 11.1 Å². The smallest absolute Gasteiger partial charge is 0.253 e. The van der Waals surface area contributed by atoms with E-state index in [1.807, 2.05) is 60.7 Å². The van der Waals surface area contributed by atoms with Gasteiger partial charge in [0.05, 0.1) is 29.7 Å². The topological polar surface area (TPSA) is 87.3 Å². The first-order chi connectivity index (χ1) is 15.9. The van der Waals surface area contributed by atoms with E-state index in [9.17, 15) is 14.4 Å². The van der Waals surface area contributed by atoms with Crippen molar-refractivity contribution in [2.45, 2.75) is 12.5 Å². The SMILES string of the molecule is O=C(CNC(=O)c1ccc(Cl)cc1Cl)NCC(=O)NC(Cc1ccccc1)c1ccccc1. The first-order valence-electron chi connectivity index (χ1n) is 10.3. The molecule has 0 aromatic heterocycles. The van der Waals surface area contributed by atoms with Gasteiger partial charge in [0.25, 0.3) is 5.91 Å². The van der Waals surface area contributed by atoms with Crippen LogP contribution in [-0.4, -0.2) is 30.8 Å². The Labute approximate surface area is 202 Å². The Hall–Kier alpha value is -3.35. The molecule has 0 heterocycles. The molecule has 0 radical (unpaired) electrons. The summed E-state index contributed by atoms with van der Waals surface area (Å²) >= 11 is 11.8. The third-order valence-corrected chi connectivity index (χ3v) is 5.40. The lowest BCUT2D eigenvalue weighted by atomic mass is 9.99. The van der Waals surface area contributed by atoms with Gasteiger partial charge in [-0.25, -0.2) is 0 Å². The summed E-state index contributed by atoms with van der Waals surface area (Å²) in [6, 6.07) is 23.7. The van der Waals surface area contributed by atoms with Crippen LogP contribution in [0.15, 0.2) is 78.9 Å². The van der Waals surface area contributed by atoms with Crippen LogP contribution in [-0.2, 0) is 16.0 Å². The summed E-state index contributed by atoms with van der Waals surface area (Å²) in [5.74, 6) is -1.34. The van der Waals surface area contributed by atoms with Crippen molar-refractivity contribution in [2.24, 2.45) is 0 Å². The second-order valence-electron chi connectivity index (χ2n) is 7.30. The highest BCUT2D eigenvalue weighted by atomic mass is 35.5. The zero-order valence-electron chi connectivity index (χ0n) is 17.7. The molecule has 0 spiro atoms. The molecule has 0 aliphatic heterocycles. The molecule has 3 amide bonds. The summed E-state index contributed by atoms with van der Waals surface area (Å²) in [4.78, 5) is 36.8. The van der Waals surface area contributed by atoms with Crippen LogP contribution in [0.3, 0.4) is 0 Å². The highest BCUT2D eigenvalue weighted by molar-refractivity contribution is 6.36. The number of hydrogen-bond donors (Lipinski definition) is 3. The van der Waals surface area contributed by atoms with Crippen molar-refractivity contribution in [3.63, 3.8) is 0 Å². The van der Waals surface area contributed by atoms with Gasteiger partial charge in [-0.3, -0.25) is 14.4 Å². The van der Waals surface area contributed by atoms with Crippen molar-refractivity contribution in [1.82, 2.24) is 16.0 Å². The monoisotopic (exact) mass is 483 g/mol. The van der Waals surface area contributed by atoms with Gasteiger partial charge < -0.3 is 16.0 Å². The number of hydrogen-bond acceptors (Lipinski definition) is 3. The Balaban J connectivity index is 1.50. The van der Waals surface area contributed by atoms with Crippen LogP contribution in [0.4, 0.5) is 0 Å². The predicted octanol–water partition coefficient (Wildman–Crippen LogP) is 3.94. The molecule has 0 fully saturated rings. The summed E-state index contributed by atoms with van der Waals surface area (Å²) in [7, 11) is 0. The minimum atomic E-state index is -0.511. The second kappa shape index (κ2) is 12.0. The number of nitrogens with one attached hydrogen (secondary N) is 3. The second-order valence-corrected chi connectivity index (χ2v) is 8.15. The van der Waals surface area contributed by atoms with Crippen molar-refractivity contribution in [1.29, 1.82) is 0 Å². The highest BCUT2D eigenvalue weighted by Gasteiger charge is 2.16. The van der Waals surface area contributed by atoms with Gasteiger partial charge in [0.1, 0.15) is 0 Å². The molecule has 0 saturated carbocycles. The fourth-order valence-electron chi connectivity index (χ4n) is 3.20. The van der Waals surface area contributed by atoms with Crippen molar-refractivity contribution >= 4 is 40.9 Å². The van der Waals surface area contributed by atoms with Crippen LogP contribution in [0.25, 0.3) is 0 Å². The zero-order valence-corrected chi connectivity index (χ0v) is 19.2. The van der Waals surface area contributed by atoms with E-state index in [1.165, 1.54) is 18.2 Å². The van der Waals surface area contributed by atoms with Crippen molar-refractivity contribution in [3.8, 4) is 0 Å². The van der Waals surface area contributed by atoms with E-state index in [1.54, 1.807) is 0 Å². The van der Waals surface area contributed by atoms with Crippen LogP contribution in [0.1, 0.15) is 27.5 Å². The summed E-state index contributed by atoms with van der Waals surface area (Å²) in [5.41, 5.74) is 2.26. The van der Waals surface area contributed by atoms with E-state index in [0.29, 0.717) is 11.4 Å². The average molecular weight is 484 g/mol. The number of carbonyl (C=O) groups excluding carboxylic acids is 3. The molecule has 170 valence electrons. The van der Waals surface area contributed by atoms with Gasteiger partial charge in [0.2, 0.25) is 11.8 Å². The lowest BCUT2D eigenvalue weighted by Crippen LogP contribution is -2.43. The third kappa shape index (κ3) is 7.63. The third-order valence-electron chi connectivity index (χ3n) is 4.85. The van der Waals surface area contributed by atoms with Gasteiger partial charge >= 0.3 is 0 Å². The quantitative estimate of drug-likeness (QED) is 0.430. The molecule has 33 heavy (non-hydrogen) atoms. The highest BCUT2D eigenvalue weighted by Crippen LogP contribution is 2.21. The molecular weight excluding hydrogens is 461 g/mol. The van der Waals surface area contributed by atoms with E-state index in [-0.39, 0.29) is 35.6 Å². The van der Waals surface area contributed by atoms with Gasteiger partial charge in [-0.05, 0) is 35.7 Å². The molecule has 6 nitrogen and oxygen atoms in total. The molecule has 1 atom stereocenters. The van der Waals surface area contributed by atoms with E-state index >= 15 is 0 Å². The Bertz CT molecular complexity index is 1110. The maximum atomic E-state index is 12.5. The lowest BCUT2D eigenvalue weighted by Gasteiger charge is -2.20. The molecule has 0 aliphatic carbocycles. The minimum Gasteiger partial charge on any atom is -0.347 e. The Morgan fingerprint density at radius 1 is 0.758 bits per heavy atom. The molecule has 0 aliphatic rings. The van der Waals surface area contributed by atoms with Crippen molar-refractivity contribution in [2.75, 3.05) is 13.1 Å². The Morgan fingerprint density at radius 2 is 1.39 bits per heavy atom.